The molecule has 1 unspecified atom stereocenters. The first kappa shape index (κ1) is 15.3. The monoisotopic (exact) mass is 295 g/mol. The third kappa shape index (κ3) is 3.73. The van der Waals surface area contributed by atoms with Crippen LogP contribution in [0.5, 0.6) is 0 Å². The Morgan fingerprint density at radius 1 is 1.65 bits per heavy atom. The van der Waals surface area contributed by atoms with Gasteiger partial charge in [0.2, 0.25) is 0 Å². The number of nitrogens with two attached hydrogens (primary N) is 1. The van der Waals surface area contributed by atoms with Crippen molar-refractivity contribution < 1.29 is 9.84 Å². The average Bonchev–Trinajstić information content (AvgIpc) is 2.37. The first-order chi connectivity index (χ1) is 9.41. The Morgan fingerprint density at radius 3 is 3.05 bits per heavy atom. The zero-order chi connectivity index (χ0) is 14.8. The number of aliphatic hydroxyl groups is 1. The summed E-state index contributed by atoms with van der Waals surface area (Å²) in [6, 6.07) is 3.87. The molecule has 20 heavy (non-hydrogen) atoms. The first-order valence-corrected chi connectivity index (χ1v) is 7.07. The van der Waals surface area contributed by atoms with E-state index in [0.29, 0.717) is 23.8 Å². The average molecular weight is 295 g/mol. The Hall–Kier alpha value is -1.08. The van der Waals surface area contributed by atoms with Crippen molar-refractivity contribution in [2.45, 2.75) is 32.1 Å². The molecule has 2 heterocycles. The van der Waals surface area contributed by atoms with Crippen molar-refractivity contribution in [3.8, 4) is 0 Å². The summed E-state index contributed by atoms with van der Waals surface area (Å²) >= 11 is 5.04. The van der Waals surface area contributed by atoms with E-state index in [4.69, 9.17) is 22.7 Å². The van der Waals surface area contributed by atoms with Crippen LogP contribution in [0.2, 0.25) is 0 Å². The molecule has 1 saturated heterocycles. The highest BCUT2D eigenvalue weighted by molar-refractivity contribution is 7.80. The molecular weight excluding hydrogens is 274 g/mol. The number of rotatable bonds is 4. The second-order valence-corrected chi connectivity index (χ2v) is 6.17. The van der Waals surface area contributed by atoms with Crippen molar-refractivity contribution in [3.63, 3.8) is 0 Å². The molecule has 2 rings (SSSR count). The predicted molar refractivity (Wildman–Crippen MR) is 81.4 cm³/mol. The lowest BCUT2D eigenvalue weighted by atomic mass is 10.0. The maximum Gasteiger partial charge on any atom is 0.123 e. The Balaban J connectivity index is 2.15. The van der Waals surface area contributed by atoms with Crippen LogP contribution < -0.4 is 5.73 Å². The van der Waals surface area contributed by atoms with Gasteiger partial charge in [-0.15, -0.1) is 0 Å². The number of hydrogen-bond acceptors (Lipinski definition) is 5. The molecule has 1 fully saturated rings. The summed E-state index contributed by atoms with van der Waals surface area (Å²) < 4.78 is 5.81. The topological polar surface area (TPSA) is 71.6 Å². The molecule has 3 N–H and O–H groups in total. The van der Waals surface area contributed by atoms with Gasteiger partial charge < -0.3 is 15.6 Å². The summed E-state index contributed by atoms with van der Waals surface area (Å²) in [5.41, 5.74) is 7.11. The van der Waals surface area contributed by atoms with Crippen LogP contribution in [0.1, 0.15) is 25.1 Å². The summed E-state index contributed by atoms with van der Waals surface area (Å²) in [4.78, 5) is 6.80. The predicted octanol–water partition coefficient (Wildman–Crippen LogP) is 0.688. The van der Waals surface area contributed by atoms with Gasteiger partial charge in [0, 0.05) is 25.8 Å². The lowest BCUT2D eigenvalue weighted by Gasteiger charge is -2.42. The zero-order valence-corrected chi connectivity index (χ0v) is 12.7. The number of ether oxygens (including phenoxy) is 1. The lowest BCUT2D eigenvalue weighted by Crippen LogP contribution is -2.53. The highest BCUT2D eigenvalue weighted by atomic mass is 32.1. The fourth-order valence-electron chi connectivity index (χ4n) is 2.66. The van der Waals surface area contributed by atoms with Gasteiger partial charge >= 0.3 is 0 Å². The van der Waals surface area contributed by atoms with Crippen molar-refractivity contribution in [2.75, 3.05) is 19.7 Å². The van der Waals surface area contributed by atoms with E-state index in [1.54, 1.807) is 6.20 Å². The highest BCUT2D eigenvalue weighted by Crippen LogP contribution is 2.22. The summed E-state index contributed by atoms with van der Waals surface area (Å²) in [5.74, 6) is 0. The molecular formula is C14H21N3O2S. The lowest BCUT2D eigenvalue weighted by molar-refractivity contribution is -0.150. The fourth-order valence-corrected chi connectivity index (χ4v) is 2.84. The quantitative estimate of drug-likeness (QED) is 0.796. The van der Waals surface area contributed by atoms with Crippen LogP contribution in [-0.2, 0) is 11.3 Å². The van der Waals surface area contributed by atoms with E-state index in [2.05, 4.69) is 9.88 Å². The summed E-state index contributed by atoms with van der Waals surface area (Å²) in [7, 11) is 0. The number of morpholine rings is 1. The SMILES string of the molecule is CC1(C)CN(Cc2cccnc2C(N)=S)CC(CO)O1. The Bertz CT molecular complexity index is 493. The molecule has 0 radical (unpaired) electrons. The molecule has 0 aromatic carbocycles. The molecule has 1 aliphatic heterocycles. The van der Waals surface area contributed by atoms with E-state index >= 15 is 0 Å². The van der Waals surface area contributed by atoms with E-state index in [1.807, 2.05) is 26.0 Å². The van der Waals surface area contributed by atoms with Gasteiger partial charge in [-0.05, 0) is 25.5 Å². The number of aliphatic hydroxyl groups excluding tert-OH is 1. The molecule has 110 valence electrons. The van der Waals surface area contributed by atoms with E-state index in [9.17, 15) is 5.11 Å². The molecule has 1 aromatic heterocycles. The Morgan fingerprint density at radius 2 is 2.40 bits per heavy atom. The van der Waals surface area contributed by atoms with Crippen molar-refractivity contribution in [1.82, 2.24) is 9.88 Å². The maximum atomic E-state index is 9.35. The third-order valence-corrected chi connectivity index (χ3v) is 3.47. The number of hydrogen-bond donors (Lipinski definition) is 2. The number of pyridine rings is 1. The minimum atomic E-state index is -0.281. The molecule has 1 atom stereocenters. The van der Waals surface area contributed by atoms with Crippen LogP contribution in [0.3, 0.4) is 0 Å². The van der Waals surface area contributed by atoms with Crippen molar-refractivity contribution in [1.29, 1.82) is 0 Å². The van der Waals surface area contributed by atoms with E-state index in [0.717, 1.165) is 12.1 Å². The van der Waals surface area contributed by atoms with Crippen molar-refractivity contribution in [2.24, 2.45) is 5.73 Å². The second kappa shape index (κ2) is 6.13. The third-order valence-electron chi connectivity index (χ3n) is 3.27. The van der Waals surface area contributed by atoms with Gasteiger partial charge in [0.15, 0.2) is 0 Å². The van der Waals surface area contributed by atoms with Crippen LogP contribution in [0.4, 0.5) is 0 Å². The molecule has 1 aliphatic rings. The van der Waals surface area contributed by atoms with Crippen LogP contribution in [0, 0.1) is 0 Å². The first-order valence-electron chi connectivity index (χ1n) is 6.66. The summed E-state index contributed by atoms with van der Waals surface area (Å²) in [5, 5.41) is 9.35. The molecule has 0 bridgehead atoms. The van der Waals surface area contributed by atoms with Gasteiger partial charge in [-0.25, -0.2) is 0 Å². The Labute approximate surface area is 124 Å². The highest BCUT2D eigenvalue weighted by Gasteiger charge is 2.33. The van der Waals surface area contributed by atoms with Crippen LogP contribution in [0.25, 0.3) is 0 Å². The maximum absolute atomic E-state index is 9.35. The zero-order valence-electron chi connectivity index (χ0n) is 11.9. The minimum absolute atomic E-state index is 0.0229. The van der Waals surface area contributed by atoms with Crippen molar-refractivity contribution in [3.05, 3.63) is 29.6 Å². The number of thiocarbonyl (C=S) groups is 1. The van der Waals surface area contributed by atoms with Gasteiger partial charge in [-0.2, -0.15) is 0 Å². The molecule has 6 heteroatoms. The number of aromatic nitrogens is 1. The van der Waals surface area contributed by atoms with Crippen LogP contribution in [-0.4, -0.2) is 51.4 Å². The van der Waals surface area contributed by atoms with Gasteiger partial charge in [-0.3, -0.25) is 9.88 Å². The summed E-state index contributed by atoms with van der Waals surface area (Å²) in [6.45, 7) is 6.25. The molecule has 1 aromatic rings. The fraction of sp³-hybridized carbons (Fsp3) is 0.571. The second-order valence-electron chi connectivity index (χ2n) is 5.73. The molecule has 0 amide bonds. The van der Waals surface area contributed by atoms with Crippen LogP contribution in [0.15, 0.2) is 18.3 Å². The van der Waals surface area contributed by atoms with Crippen molar-refractivity contribution >= 4 is 17.2 Å². The Kier molecular flexibility index (Phi) is 4.70. The normalized spacial score (nSPS) is 22.6. The van der Waals surface area contributed by atoms with E-state index in [-0.39, 0.29) is 18.3 Å². The standard InChI is InChI=1S/C14H21N3O2S/c1-14(2)9-17(7-11(8-18)19-14)6-10-4-3-5-16-12(10)13(15)20/h3-5,11,18H,6-9H2,1-2H3,(H2,15,20). The smallest absolute Gasteiger partial charge is 0.123 e. The molecule has 5 nitrogen and oxygen atoms in total. The largest absolute Gasteiger partial charge is 0.394 e. The van der Waals surface area contributed by atoms with E-state index < -0.39 is 0 Å². The van der Waals surface area contributed by atoms with Gasteiger partial charge in [0.1, 0.15) is 10.7 Å². The van der Waals surface area contributed by atoms with Gasteiger partial charge in [0.05, 0.1) is 18.3 Å². The molecule has 0 aliphatic carbocycles. The molecule has 0 saturated carbocycles. The van der Waals surface area contributed by atoms with Crippen LogP contribution >= 0.6 is 12.2 Å². The number of nitrogens with zero attached hydrogens (tertiary/aromatic N) is 2. The molecule has 0 spiro atoms. The van der Waals surface area contributed by atoms with Gasteiger partial charge in [-0.1, -0.05) is 18.3 Å². The minimum Gasteiger partial charge on any atom is -0.394 e. The van der Waals surface area contributed by atoms with E-state index in [1.165, 1.54) is 0 Å². The summed E-state index contributed by atoms with van der Waals surface area (Å²) in [6.07, 6.45) is 1.53. The van der Waals surface area contributed by atoms with Gasteiger partial charge in [0.25, 0.3) is 0 Å².